The molecule has 2 aromatic rings. The number of hydrogen-bond acceptors (Lipinski definition) is 5. The lowest BCUT2D eigenvalue weighted by Crippen LogP contribution is -2.50. The van der Waals surface area contributed by atoms with Gasteiger partial charge in [0.05, 0.1) is 0 Å². The van der Waals surface area contributed by atoms with E-state index in [4.69, 9.17) is 32.7 Å². The first-order valence-electron chi connectivity index (χ1n) is 10.7. The van der Waals surface area contributed by atoms with Crippen molar-refractivity contribution in [2.45, 2.75) is 31.1 Å². The number of halogens is 2. The first kappa shape index (κ1) is 22.9. The SMILES string of the molecule is O=C(C=Cc1c(Cl)cccc1Cl)N1CCC(NCC(O)C2COc3ccccc3O2)CC1. The molecule has 0 spiro atoms. The largest absolute Gasteiger partial charge is 0.486 e. The smallest absolute Gasteiger partial charge is 0.246 e. The van der Waals surface area contributed by atoms with Crippen LogP contribution in [-0.4, -0.2) is 60.4 Å². The fraction of sp³-hybridized carbons (Fsp3) is 0.375. The number of likely N-dealkylation sites (tertiary alicyclic amines) is 1. The Morgan fingerprint density at radius 3 is 2.53 bits per heavy atom. The van der Waals surface area contributed by atoms with Crippen LogP contribution in [0, 0.1) is 0 Å². The highest BCUT2D eigenvalue weighted by molar-refractivity contribution is 6.37. The molecule has 8 heteroatoms. The molecule has 2 atom stereocenters. The number of nitrogens with one attached hydrogen (secondary N) is 1. The number of benzene rings is 2. The molecular weight excluding hydrogens is 451 g/mol. The van der Waals surface area contributed by atoms with E-state index in [9.17, 15) is 9.90 Å². The van der Waals surface area contributed by atoms with Gasteiger partial charge in [0.2, 0.25) is 5.91 Å². The first-order valence-corrected chi connectivity index (χ1v) is 11.5. The van der Waals surface area contributed by atoms with Crippen molar-refractivity contribution in [1.29, 1.82) is 0 Å². The number of piperidine rings is 1. The zero-order valence-electron chi connectivity index (χ0n) is 17.5. The van der Waals surface area contributed by atoms with E-state index in [1.807, 2.05) is 29.2 Å². The highest BCUT2D eigenvalue weighted by Gasteiger charge is 2.29. The molecule has 2 N–H and O–H groups in total. The number of carbonyl (C=O) groups excluding carboxylic acids is 1. The Labute approximate surface area is 197 Å². The maximum atomic E-state index is 12.5. The molecule has 170 valence electrons. The fourth-order valence-corrected chi connectivity index (χ4v) is 4.40. The van der Waals surface area contributed by atoms with Crippen LogP contribution in [0.25, 0.3) is 6.08 Å². The fourth-order valence-electron chi connectivity index (χ4n) is 3.88. The van der Waals surface area contributed by atoms with Gasteiger partial charge in [-0.15, -0.1) is 0 Å². The first-order chi connectivity index (χ1) is 15.5. The molecule has 2 aliphatic rings. The molecular formula is C24H26Cl2N2O4. The van der Waals surface area contributed by atoms with Crippen molar-refractivity contribution in [2.24, 2.45) is 0 Å². The summed E-state index contributed by atoms with van der Waals surface area (Å²) in [5.74, 6) is 1.29. The summed E-state index contributed by atoms with van der Waals surface area (Å²) in [5, 5.41) is 15.0. The average Bonchev–Trinajstić information content (AvgIpc) is 2.82. The molecule has 2 aliphatic heterocycles. The highest BCUT2D eigenvalue weighted by Crippen LogP contribution is 2.31. The van der Waals surface area contributed by atoms with Crippen LogP contribution in [0.15, 0.2) is 48.5 Å². The molecule has 2 unspecified atom stereocenters. The van der Waals surface area contributed by atoms with E-state index in [2.05, 4.69) is 5.32 Å². The van der Waals surface area contributed by atoms with Gasteiger partial charge in [0.1, 0.15) is 12.7 Å². The second-order valence-electron chi connectivity index (χ2n) is 7.96. The summed E-state index contributed by atoms with van der Waals surface area (Å²) >= 11 is 12.3. The van der Waals surface area contributed by atoms with E-state index in [-0.39, 0.29) is 11.9 Å². The zero-order valence-corrected chi connectivity index (χ0v) is 19.1. The molecule has 4 rings (SSSR count). The summed E-state index contributed by atoms with van der Waals surface area (Å²) in [6.07, 6.45) is 3.70. The molecule has 0 aromatic heterocycles. The zero-order chi connectivity index (χ0) is 22.5. The average molecular weight is 477 g/mol. The third-order valence-electron chi connectivity index (χ3n) is 5.77. The van der Waals surface area contributed by atoms with E-state index in [1.165, 1.54) is 6.08 Å². The van der Waals surface area contributed by atoms with Crippen LogP contribution in [0.1, 0.15) is 18.4 Å². The van der Waals surface area contributed by atoms with Gasteiger partial charge in [-0.1, -0.05) is 41.4 Å². The molecule has 1 fully saturated rings. The summed E-state index contributed by atoms with van der Waals surface area (Å²) in [7, 11) is 0. The van der Waals surface area contributed by atoms with Crippen LogP contribution >= 0.6 is 23.2 Å². The Morgan fingerprint density at radius 1 is 1.12 bits per heavy atom. The van der Waals surface area contributed by atoms with Crippen LogP contribution < -0.4 is 14.8 Å². The van der Waals surface area contributed by atoms with Gasteiger partial charge < -0.3 is 24.8 Å². The van der Waals surface area contributed by atoms with Crippen molar-refractivity contribution in [3.05, 3.63) is 64.1 Å². The number of carbonyl (C=O) groups is 1. The van der Waals surface area contributed by atoms with Crippen molar-refractivity contribution < 1.29 is 19.4 Å². The van der Waals surface area contributed by atoms with Crippen LogP contribution in [0.5, 0.6) is 11.5 Å². The Hall–Kier alpha value is -2.25. The van der Waals surface area contributed by atoms with E-state index >= 15 is 0 Å². The lowest BCUT2D eigenvalue weighted by molar-refractivity contribution is -0.127. The van der Waals surface area contributed by atoms with Crippen molar-refractivity contribution >= 4 is 35.2 Å². The lowest BCUT2D eigenvalue weighted by Gasteiger charge is -2.34. The summed E-state index contributed by atoms with van der Waals surface area (Å²) in [5.41, 5.74) is 0.645. The molecule has 1 saturated heterocycles. The van der Waals surface area contributed by atoms with Crippen molar-refractivity contribution in [2.75, 3.05) is 26.2 Å². The summed E-state index contributed by atoms with van der Waals surface area (Å²) in [4.78, 5) is 14.3. The Kier molecular flexibility index (Phi) is 7.58. The third kappa shape index (κ3) is 5.56. The molecule has 0 saturated carbocycles. The number of aliphatic hydroxyl groups is 1. The van der Waals surface area contributed by atoms with Crippen LogP contribution in [0.4, 0.5) is 0 Å². The van der Waals surface area contributed by atoms with Gasteiger partial charge in [-0.05, 0) is 43.2 Å². The minimum absolute atomic E-state index is 0.0640. The molecule has 6 nitrogen and oxygen atoms in total. The number of hydrogen-bond donors (Lipinski definition) is 2. The topological polar surface area (TPSA) is 71.0 Å². The van der Waals surface area contributed by atoms with Crippen LogP contribution in [0.3, 0.4) is 0 Å². The number of fused-ring (bicyclic) bond motifs is 1. The molecule has 32 heavy (non-hydrogen) atoms. The monoisotopic (exact) mass is 476 g/mol. The third-order valence-corrected chi connectivity index (χ3v) is 6.43. The minimum atomic E-state index is -0.689. The Bertz CT molecular complexity index is 956. The van der Waals surface area contributed by atoms with Gasteiger partial charge >= 0.3 is 0 Å². The highest BCUT2D eigenvalue weighted by atomic mass is 35.5. The summed E-state index contributed by atoms with van der Waals surface area (Å²) < 4.78 is 11.5. The van der Waals surface area contributed by atoms with Gasteiger partial charge in [0, 0.05) is 47.4 Å². The second kappa shape index (κ2) is 10.6. The molecule has 0 aliphatic carbocycles. The number of amides is 1. The quantitative estimate of drug-likeness (QED) is 0.620. The van der Waals surface area contributed by atoms with Gasteiger partial charge in [-0.2, -0.15) is 0 Å². The van der Waals surface area contributed by atoms with Gasteiger partial charge in [0.15, 0.2) is 17.6 Å². The van der Waals surface area contributed by atoms with Crippen molar-refractivity contribution in [3.63, 3.8) is 0 Å². The maximum Gasteiger partial charge on any atom is 0.246 e. The lowest BCUT2D eigenvalue weighted by atomic mass is 10.0. The van der Waals surface area contributed by atoms with Crippen molar-refractivity contribution in [3.8, 4) is 11.5 Å². The second-order valence-corrected chi connectivity index (χ2v) is 8.77. The van der Waals surface area contributed by atoms with Gasteiger partial charge in [-0.3, -0.25) is 4.79 Å². The molecule has 2 heterocycles. The van der Waals surface area contributed by atoms with Crippen LogP contribution in [0.2, 0.25) is 10.0 Å². The number of rotatable bonds is 6. The summed E-state index contributed by atoms with van der Waals surface area (Å²) in [6.45, 7) is 2.00. The maximum absolute atomic E-state index is 12.5. The number of aliphatic hydroxyl groups excluding tert-OH is 1. The normalized spacial score (nSPS) is 19.8. The van der Waals surface area contributed by atoms with E-state index in [0.717, 1.165) is 12.8 Å². The number of para-hydroxylation sites is 2. The van der Waals surface area contributed by atoms with Crippen LogP contribution in [-0.2, 0) is 4.79 Å². The Morgan fingerprint density at radius 2 is 1.81 bits per heavy atom. The van der Waals surface area contributed by atoms with E-state index in [1.54, 1.807) is 24.3 Å². The molecule has 0 radical (unpaired) electrons. The molecule has 0 bridgehead atoms. The minimum Gasteiger partial charge on any atom is -0.486 e. The van der Waals surface area contributed by atoms with Gasteiger partial charge in [-0.25, -0.2) is 0 Å². The Balaban J connectivity index is 1.21. The van der Waals surface area contributed by atoms with E-state index < -0.39 is 12.2 Å². The predicted octanol–water partition coefficient (Wildman–Crippen LogP) is 3.79. The molecule has 2 aromatic carbocycles. The van der Waals surface area contributed by atoms with Crippen molar-refractivity contribution in [1.82, 2.24) is 10.2 Å². The van der Waals surface area contributed by atoms with Gasteiger partial charge in [0.25, 0.3) is 0 Å². The molecule has 1 amide bonds. The summed E-state index contributed by atoms with van der Waals surface area (Å²) in [6, 6.07) is 12.9. The standard InChI is InChI=1S/C24H26Cl2N2O4/c25-18-4-3-5-19(26)17(18)8-9-24(30)28-12-10-16(11-13-28)27-14-20(29)23-15-31-21-6-1-2-7-22(21)32-23/h1-9,16,20,23,27,29H,10-15H2. The number of nitrogens with zero attached hydrogens (tertiary/aromatic N) is 1. The van der Waals surface area contributed by atoms with E-state index in [0.29, 0.717) is 53.3 Å². The number of ether oxygens (including phenoxy) is 2. The predicted molar refractivity (Wildman–Crippen MR) is 125 cm³/mol.